The van der Waals surface area contributed by atoms with Crippen molar-refractivity contribution in [2.24, 2.45) is 0 Å². The number of amides is 3. The van der Waals surface area contributed by atoms with E-state index in [4.69, 9.17) is 5.11 Å². The van der Waals surface area contributed by atoms with Crippen LogP contribution in [0.3, 0.4) is 0 Å². The number of aliphatic carboxylic acids is 1. The largest absolute Gasteiger partial charge is 0.481 e. The van der Waals surface area contributed by atoms with Gasteiger partial charge in [-0.2, -0.15) is 0 Å². The molecule has 0 atom stereocenters. The summed E-state index contributed by atoms with van der Waals surface area (Å²) in [4.78, 5) is 35.2. The van der Waals surface area contributed by atoms with Crippen LogP contribution in [0.4, 0.5) is 4.79 Å². The average molecular weight is 273 g/mol. The summed E-state index contributed by atoms with van der Waals surface area (Å²) in [5.41, 5.74) is -0.353. The second-order valence-electron chi connectivity index (χ2n) is 5.14. The van der Waals surface area contributed by atoms with Crippen molar-refractivity contribution in [2.45, 2.75) is 39.7 Å². The minimum Gasteiger partial charge on any atom is -0.481 e. The maximum Gasteiger partial charge on any atom is 0.321 e. The van der Waals surface area contributed by atoms with E-state index >= 15 is 0 Å². The van der Waals surface area contributed by atoms with Crippen LogP contribution in [0, 0.1) is 0 Å². The van der Waals surface area contributed by atoms with Gasteiger partial charge in [-0.1, -0.05) is 0 Å². The summed E-state index contributed by atoms with van der Waals surface area (Å²) in [6.45, 7) is 8.06. The Bertz CT molecular complexity index is 336. The van der Waals surface area contributed by atoms with Crippen LogP contribution in [0.2, 0.25) is 0 Å². The lowest BCUT2D eigenvalue weighted by molar-refractivity contribution is -0.138. The molecule has 0 aliphatic carbocycles. The second-order valence-corrected chi connectivity index (χ2v) is 5.14. The Morgan fingerprint density at radius 1 is 1.21 bits per heavy atom. The summed E-state index contributed by atoms with van der Waals surface area (Å²) in [7, 11) is 0. The molecule has 110 valence electrons. The number of hydrogen-bond donors (Lipinski definition) is 3. The molecular formula is C12H23N3O4. The van der Waals surface area contributed by atoms with Gasteiger partial charge in [-0.25, -0.2) is 4.79 Å². The summed E-state index contributed by atoms with van der Waals surface area (Å²) >= 11 is 0. The fourth-order valence-corrected chi connectivity index (χ4v) is 1.43. The zero-order valence-electron chi connectivity index (χ0n) is 11.9. The molecule has 0 fully saturated rings. The molecule has 0 bridgehead atoms. The van der Waals surface area contributed by atoms with Gasteiger partial charge in [-0.3, -0.25) is 19.8 Å². The van der Waals surface area contributed by atoms with Crippen LogP contribution in [0.1, 0.15) is 34.1 Å². The first-order valence-electron chi connectivity index (χ1n) is 6.21. The number of rotatable bonds is 6. The lowest BCUT2D eigenvalue weighted by atomic mass is 10.1. The highest BCUT2D eigenvalue weighted by atomic mass is 16.4. The molecule has 7 heteroatoms. The number of urea groups is 1. The van der Waals surface area contributed by atoms with Crippen molar-refractivity contribution >= 4 is 17.9 Å². The Morgan fingerprint density at radius 3 is 2.21 bits per heavy atom. The monoisotopic (exact) mass is 273 g/mol. The normalized spacial score (nSPS) is 11.2. The topological polar surface area (TPSA) is 98.7 Å². The van der Waals surface area contributed by atoms with E-state index < -0.39 is 17.9 Å². The summed E-state index contributed by atoms with van der Waals surface area (Å²) in [5, 5.41) is 13.3. The van der Waals surface area contributed by atoms with Gasteiger partial charge < -0.3 is 10.4 Å². The molecule has 0 rings (SSSR count). The summed E-state index contributed by atoms with van der Waals surface area (Å²) in [6.07, 6.45) is -0.0499. The van der Waals surface area contributed by atoms with Crippen molar-refractivity contribution in [1.29, 1.82) is 0 Å². The first kappa shape index (κ1) is 17.4. The molecule has 7 nitrogen and oxygen atoms in total. The molecular weight excluding hydrogens is 250 g/mol. The maximum absolute atomic E-state index is 11.7. The molecule has 3 amide bonds. The van der Waals surface area contributed by atoms with Crippen LogP contribution >= 0.6 is 0 Å². The van der Waals surface area contributed by atoms with Crippen LogP contribution in [0.15, 0.2) is 0 Å². The number of hydrogen-bond acceptors (Lipinski definition) is 4. The molecule has 0 saturated carbocycles. The highest BCUT2D eigenvalue weighted by Crippen LogP contribution is 2.13. The van der Waals surface area contributed by atoms with Crippen molar-refractivity contribution in [1.82, 2.24) is 15.5 Å². The fourth-order valence-electron chi connectivity index (χ4n) is 1.43. The SMILES string of the molecule is CCNC(=O)NC(=O)CN(CCC(=O)O)C(C)(C)C. The van der Waals surface area contributed by atoms with Gasteiger partial charge in [0.15, 0.2) is 0 Å². The van der Waals surface area contributed by atoms with E-state index in [0.29, 0.717) is 6.54 Å². The molecule has 0 radical (unpaired) electrons. The van der Waals surface area contributed by atoms with E-state index in [2.05, 4.69) is 10.6 Å². The number of carboxylic acids is 1. The minimum absolute atomic E-state index is 0.0199. The molecule has 0 aromatic carbocycles. The van der Waals surface area contributed by atoms with E-state index in [0.717, 1.165) is 0 Å². The summed E-state index contributed by atoms with van der Waals surface area (Å²) in [5.74, 6) is -1.37. The van der Waals surface area contributed by atoms with Crippen molar-refractivity contribution in [2.75, 3.05) is 19.6 Å². The van der Waals surface area contributed by atoms with Crippen LogP contribution in [0.25, 0.3) is 0 Å². The highest BCUT2D eigenvalue weighted by molar-refractivity contribution is 5.95. The quantitative estimate of drug-likeness (QED) is 0.651. The minimum atomic E-state index is -0.918. The standard InChI is InChI=1S/C12H23N3O4/c1-5-13-11(19)14-9(16)8-15(12(2,3)4)7-6-10(17)18/h5-8H2,1-4H3,(H,17,18)(H2,13,14,16,19). The molecule has 19 heavy (non-hydrogen) atoms. The predicted octanol–water partition coefficient (Wildman–Crippen LogP) is 0.407. The van der Waals surface area contributed by atoms with Crippen molar-refractivity contribution in [3.05, 3.63) is 0 Å². The van der Waals surface area contributed by atoms with E-state index in [-0.39, 0.29) is 25.0 Å². The van der Waals surface area contributed by atoms with Gasteiger partial charge >= 0.3 is 12.0 Å². The second kappa shape index (κ2) is 7.73. The number of nitrogens with one attached hydrogen (secondary N) is 2. The van der Waals surface area contributed by atoms with E-state index in [1.165, 1.54) is 0 Å². The maximum atomic E-state index is 11.7. The number of nitrogens with zero attached hydrogens (tertiary/aromatic N) is 1. The first-order valence-corrected chi connectivity index (χ1v) is 6.21. The van der Waals surface area contributed by atoms with E-state index in [1.807, 2.05) is 20.8 Å². The summed E-state index contributed by atoms with van der Waals surface area (Å²) in [6, 6.07) is -0.542. The lowest BCUT2D eigenvalue weighted by Crippen LogP contribution is -2.50. The van der Waals surface area contributed by atoms with Gasteiger partial charge in [0.2, 0.25) is 5.91 Å². The van der Waals surface area contributed by atoms with Gasteiger partial charge in [0, 0.05) is 18.6 Å². The van der Waals surface area contributed by atoms with Crippen molar-refractivity contribution in [3.63, 3.8) is 0 Å². The number of carbonyl (C=O) groups is 3. The molecule has 0 aliphatic heterocycles. The zero-order chi connectivity index (χ0) is 15.1. The first-order chi connectivity index (χ1) is 8.66. The van der Waals surface area contributed by atoms with E-state index in [1.54, 1.807) is 11.8 Å². The molecule has 0 aliphatic rings. The predicted molar refractivity (Wildman–Crippen MR) is 70.8 cm³/mol. The van der Waals surface area contributed by atoms with Crippen LogP contribution in [0.5, 0.6) is 0 Å². The van der Waals surface area contributed by atoms with Crippen LogP contribution < -0.4 is 10.6 Å². The average Bonchev–Trinajstić information content (AvgIpc) is 2.22. The third-order valence-corrected chi connectivity index (χ3v) is 2.47. The highest BCUT2D eigenvalue weighted by Gasteiger charge is 2.24. The Kier molecular flexibility index (Phi) is 7.06. The summed E-state index contributed by atoms with van der Waals surface area (Å²) < 4.78 is 0. The number of carbonyl (C=O) groups excluding carboxylic acids is 2. The number of carboxylic acid groups (broad SMARTS) is 1. The fraction of sp³-hybridized carbons (Fsp3) is 0.750. The Labute approximate surface area is 113 Å². The lowest BCUT2D eigenvalue weighted by Gasteiger charge is -2.34. The molecule has 0 heterocycles. The molecule has 0 aromatic rings. The van der Waals surface area contributed by atoms with Gasteiger partial charge in [0.25, 0.3) is 0 Å². The smallest absolute Gasteiger partial charge is 0.321 e. The molecule has 3 N–H and O–H groups in total. The van der Waals surface area contributed by atoms with Gasteiger partial charge in [0.1, 0.15) is 0 Å². The Morgan fingerprint density at radius 2 is 1.79 bits per heavy atom. The third-order valence-electron chi connectivity index (χ3n) is 2.47. The Hall–Kier alpha value is -1.63. The van der Waals surface area contributed by atoms with Gasteiger partial charge in [0.05, 0.1) is 13.0 Å². The van der Waals surface area contributed by atoms with E-state index in [9.17, 15) is 14.4 Å². The third kappa shape index (κ3) is 8.15. The molecule has 0 saturated heterocycles. The van der Waals surface area contributed by atoms with Gasteiger partial charge in [-0.05, 0) is 27.7 Å². The molecule has 0 unspecified atom stereocenters. The van der Waals surface area contributed by atoms with Crippen LogP contribution in [-0.2, 0) is 9.59 Å². The zero-order valence-corrected chi connectivity index (χ0v) is 11.9. The molecule has 0 spiro atoms. The Balaban J connectivity index is 4.43. The molecule has 0 aromatic heterocycles. The van der Waals surface area contributed by atoms with Crippen molar-refractivity contribution in [3.8, 4) is 0 Å². The van der Waals surface area contributed by atoms with Gasteiger partial charge in [-0.15, -0.1) is 0 Å². The number of imide groups is 1. The van der Waals surface area contributed by atoms with Crippen LogP contribution in [-0.4, -0.2) is 53.1 Å². The van der Waals surface area contributed by atoms with Crippen molar-refractivity contribution < 1.29 is 19.5 Å².